The van der Waals surface area contributed by atoms with Gasteiger partial charge in [0.05, 0.1) is 23.7 Å². The van der Waals surface area contributed by atoms with Gasteiger partial charge in [-0.1, -0.05) is 44.2 Å². The molecule has 0 radical (unpaired) electrons. The highest BCUT2D eigenvalue weighted by molar-refractivity contribution is 7.92. The Morgan fingerprint density at radius 1 is 1.07 bits per heavy atom. The number of ether oxygens (including phenoxy) is 1. The van der Waals surface area contributed by atoms with Crippen LogP contribution < -0.4 is 19.7 Å². The molecule has 1 atom stereocenters. The van der Waals surface area contributed by atoms with E-state index >= 15 is 4.39 Å². The number of hydrogen-bond acceptors (Lipinski definition) is 8. The number of rotatable bonds is 10. The van der Waals surface area contributed by atoms with Crippen LogP contribution in [0.1, 0.15) is 37.9 Å². The Morgan fingerprint density at radius 2 is 1.80 bits per heavy atom. The fourth-order valence-corrected chi connectivity index (χ4v) is 6.90. The minimum absolute atomic E-state index is 0.0102. The molecule has 1 amide bonds. The molecule has 10 nitrogen and oxygen atoms in total. The molecular formula is C33H37FN6O4S. The lowest BCUT2D eigenvalue weighted by molar-refractivity contribution is -0.130. The van der Waals surface area contributed by atoms with E-state index in [0.29, 0.717) is 41.8 Å². The van der Waals surface area contributed by atoms with Crippen LogP contribution in [0.15, 0.2) is 60.9 Å². The Balaban J connectivity index is 1.39. The number of likely N-dealkylation sites (tertiary alicyclic amines) is 1. The molecule has 6 rings (SSSR count). The SMILES string of the molecule is CC(C)NCCOc1ncc(-c2cc3c4c(cnc3cc2F)N(C)C(=O)C42CN([C@H](C)c3ccccc3)C2)cc1NS(C)(=O)=O. The normalized spacial score (nSPS) is 16.7. The zero-order chi connectivity index (χ0) is 32.1. The second-order valence-electron chi connectivity index (χ2n) is 12.2. The van der Waals surface area contributed by atoms with Crippen molar-refractivity contribution >= 4 is 38.2 Å². The molecule has 4 aromatic rings. The van der Waals surface area contributed by atoms with Gasteiger partial charge in [0.25, 0.3) is 0 Å². The van der Waals surface area contributed by atoms with Crippen LogP contribution in [0, 0.1) is 5.82 Å². The lowest BCUT2D eigenvalue weighted by Crippen LogP contribution is -2.63. The number of benzene rings is 2. The van der Waals surface area contributed by atoms with Crippen LogP contribution in [0.4, 0.5) is 15.8 Å². The number of fused-ring (bicyclic) bond motifs is 4. The number of carbonyl (C=O) groups excluding carboxylic acids is 1. The highest BCUT2D eigenvalue weighted by Gasteiger charge is 2.59. The first-order valence-corrected chi connectivity index (χ1v) is 16.8. The van der Waals surface area contributed by atoms with E-state index in [2.05, 4.69) is 44.0 Å². The Kier molecular flexibility index (Phi) is 8.00. The summed E-state index contributed by atoms with van der Waals surface area (Å²) in [5.74, 6) is -0.466. The van der Waals surface area contributed by atoms with Gasteiger partial charge in [0.15, 0.2) is 0 Å². The summed E-state index contributed by atoms with van der Waals surface area (Å²) in [7, 11) is -1.94. The van der Waals surface area contributed by atoms with Gasteiger partial charge >= 0.3 is 0 Å². The van der Waals surface area contributed by atoms with E-state index in [1.165, 1.54) is 23.9 Å². The highest BCUT2D eigenvalue weighted by atomic mass is 32.2. The van der Waals surface area contributed by atoms with Crippen LogP contribution in [-0.2, 0) is 20.2 Å². The summed E-state index contributed by atoms with van der Waals surface area (Å²) >= 11 is 0. The smallest absolute Gasteiger partial charge is 0.240 e. The van der Waals surface area contributed by atoms with E-state index in [0.717, 1.165) is 11.8 Å². The Morgan fingerprint density at radius 3 is 2.49 bits per heavy atom. The average Bonchev–Trinajstić information content (AvgIpc) is 3.20. The summed E-state index contributed by atoms with van der Waals surface area (Å²) in [4.78, 5) is 26.6. The number of nitrogens with one attached hydrogen (secondary N) is 2. The lowest BCUT2D eigenvalue weighted by atomic mass is 9.72. The second-order valence-corrected chi connectivity index (χ2v) is 14.0. The van der Waals surface area contributed by atoms with Crippen molar-refractivity contribution in [2.45, 2.75) is 38.3 Å². The maximum Gasteiger partial charge on any atom is 0.240 e. The maximum atomic E-state index is 15.7. The van der Waals surface area contributed by atoms with Gasteiger partial charge in [0, 0.05) is 73.1 Å². The summed E-state index contributed by atoms with van der Waals surface area (Å²) in [5, 5.41) is 3.90. The van der Waals surface area contributed by atoms with Gasteiger partial charge in [-0.3, -0.25) is 19.4 Å². The van der Waals surface area contributed by atoms with Crippen LogP contribution in [0.25, 0.3) is 22.0 Å². The van der Waals surface area contributed by atoms with Crippen LogP contribution >= 0.6 is 0 Å². The number of amides is 1. The molecule has 45 heavy (non-hydrogen) atoms. The van der Waals surface area contributed by atoms with Crippen molar-refractivity contribution < 1.29 is 22.3 Å². The Bertz CT molecular complexity index is 1880. The Hall–Kier alpha value is -4.13. The number of pyridine rings is 2. The van der Waals surface area contributed by atoms with Crippen molar-refractivity contribution in [3.8, 4) is 17.0 Å². The first-order valence-electron chi connectivity index (χ1n) is 14.9. The topological polar surface area (TPSA) is 117 Å². The largest absolute Gasteiger partial charge is 0.475 e. The summed E-state index contributed by atoms with van der Waals surface area (Å²) in [6, 6.07) is 15.1. The summed E-state index contributed by atoms with van der Waals surface area (Å²) < 4.78 is 48.3. The van der Waals surface area contributed by atoms with E-state index in [1.54, 1.807) is 24.2 Å². The van der Waals surface area contributed by atoms with E-state index in [4.69, 9.17) is 4.74 Å². The van der Waals surface area contributed by atoms with E-state index in [9.17, 15) is 13.2 Å². The molecule has 1 fully saturated rings. The van der Waals surface area contributed by atoms with E-state index < -0.39 is 21.3 Å². The first-order chi connectivity index (χ1) is 21.4. The van der Waals surface area contributed by atoms with Gasteiger partial charge in [-0.05, 0) is 24.6 Å². The second kappa shape index (κ2) is 11.7. The summed E-state index contributed by atoms with van der Waals surface area (Å²) in [6.45, 7) is 7.98. The number of carbonyl (C=O) groups is 1. The van der Waals surface area contributed by atoms with Crippen LogP contribution in [0.2, 0.25) is 0 Å². The van der Waals surface area contributed by atoms with Gasteiger partial charge in [0.2, 0.25) is 21.8 Å². The predicted octanol–water partition coefficient (Wildman–Crippen LogP) is 4.48. The number of nitrogens with zero attached hydrogens (tertiary/aromatic N) is 4. The molecule has 2 N–H and O–H groups in total. The van der Waals surface area contributed by atoms with E-state index in [1.807, 2.05) is 32.0 Å². The molecule has 236 valence electrons. The molecule has 1 saturated heterocycles. The van der Waals surface area contributed by atoms with Crippen molar-refractivity contribution in [1.82, 2.24) is 20.2 Å². The third-order valence-electron chi connectivity index (χ3n) is 8.62. The molecule has 1 spiro atoms. The minimum Gasteiger partial charge on any atom is -0.475 e. The number of anilines is 2. The Labute approximate surface area is 262 Å². The lowest BCUT2D eigenvalue weighted by Gasteiger charge is -2.50. The first kappa shape index (κ1) is 30.9. The van der Waals surface area contributed by atoms with Crippen molar-refractivity contribution in [2.75, 3.05) is 49.2 Å². The van der Waals surface area contributed by atoms with Crippen molar-refractivity contribution in [1.29, 1.82) is 0 Å². The van der Waals surface area contributed by atoms with Crippen LogP contribution in [0.3, 0.4) is 0 Å². The monoisotopic (exact) mass is 632 g/mol. The van der Waals surface area contributed by atoms with Crippen LogP contribution in [-0.4, -0.2) is 74.8 Å². The molecule has 0 saturated carbocycles. The molecule has 0 aliphatic carbocycles. The number of likely N-dealkylation sites (N-methyl/N-ethyl adjacent to an activating group) is 1. The molecule has 4 heterocycles. The fourth-order valence-electron chi connectivity index (χ4n) is 6.36. The standard InChI is InChI=1S/C33H37FN6O4S/c1-20(2)35-11-12-44-31-28(38-45(5,42)43)13-23(16-37-31)24-14-25-27(15-26(24)34)36-17-29-30(25)33(32(41)39(29)4)18-40(19-33)21(3)22-9-7-6-8-10-22/h6-10,13-17,20-21,35,38H,11-12,18-19H2,1-5H3/t21-/m1/s1. The average molecular weight is 633 g/mol. The number of halogens is 1. The maximum absolute atomic E-state index is 15.7. The minimum atomic E-state index is -3.69. The van der Waals surface area contributed by atoms with Gasteiger partial charge in [-0.25, -0.2) is 17.8 Å². The van der Waals surface area contributed by atoms with Gasteiger partial charge in [-0.2, -0.15) is 0 Å². The van der Waals surface area contributed by atoms with Crippen molar-refractivity contribution in [2.24, 2.45) is 0 Å². The van der Waals surface area contributed by atoms with Crippen LogP contribution in [0.5, 0.6) is 5.88 Å². The fraction of sp³-hybridized carbons (Fsp3) is 0.364. The predicted molar refractivity (Wildman–Crippen MR) is 174 cm³/mol. The zero-order valence-electron chi connectivity index (χ0n) is 26.0. The van der Waals surface area contributed by atoms with E-state index in [-0.39, 0.29) is 41.7 Å². The third-order valence-corrected chi connectivity index (χ3v) is 9.21. The molecule has 12 heteroatoms. The number of sulfonamides is 1. The summed E-state index contributed by atoms with van der Waals surface area (Å²) in [5.41, 5.74) is 3.02. The molecular weight excluding hydrogens is 595 g/mol. The molecule has 2 aromatic heterocycles. The molecule has 0 bridgehead atoms. The highest BCUT2D eigenvalue weighted by Crippen LogP contribution is 2.51. The quantitative estimate of drug-likeness (QED) is 0.246. The van der Waals surface area contributed by atoms with Gasteiger partial charge < -0.3 is 15.0 Å². The number of hydrogen-bond donors (Lipinski definition) is 2. The molecule has 2 aliphatic rings. The summed E-state index contributed by atoms with van der Waals surface area (Å²) in [6.07, 6.45) is 4.13. The van der Waals surface area contributed by atoms with Crippen molar-refractivity contribution in [3.63, 3.8) is 0 Å². The molecule has 0 unspecified atom stereocenters. The zero-order valence-corrected chi connectivity index (χ0v) is 26.8. The van der Waals surface area contributed by atoms with Gasteiger partial charge in [0.1, 0.15) is 23.5 Å². The molecule has 2 aliphatic heterocycles. The van der Waals surface area contributed by atoms with Gasteiger partial charge in [-0.15, -0.1) is 0 Å². The third kappa shape index (κ3) is 5.73. The molecule has 2 aromatic carbocycles. The van der Waals surface area contributed by atoms with Crippen molar-refractivity contribution in [3.05, 3.63) is 77.9 Å². The number of aromatic nitrogens is 2.